The number of anilines is 2. The Morgan fingerprint density at radius 1 is 1.13 bits per heavy atom. The van der Waals surface area contributed by atoms with Gasteiger partial charge in [-0.1, -0.05) is 12.1 Å². The fourth-order valence-corrected chi connectivity index (χ4v) is 3.92. The van der Waals surface area contributed by atoms with Crippen LogP contribution in [0, 0.1) is 0 Å². The molecule has 0 unspecified atom stereocenters. The van der Waals surface area contributed by atoms with E-state index in [2.05, 4.69) is 5.32 Å². The number of halogens is 3. The monoisotopic (exact) mass is 444 g/mol. The number of amides is 1. The van der Waals surface area contributed by atoms with Crippen LogP contribution in [-0.4, -0.2) is 33.9 Å². The average Bonchev–Trinajstić information content (AvgIpc) is 3.11. The zero-order valence-electron chi connectivity index (χ0n) is 15.9. The van der Waals surface area contributed by atoms with Gasteiger partial charge in [0.05, 0.1) is 23.2 Å². The zero-order valence-corrected chi connectivity index (χ0v) is 16.7. The Bertz CT molecular complexity index is 1040. The number of hydrogen-bond acceptors (Lipinski definition) is 5. The number of alkyl halides is 3. The third-order valence-electron chi connectivity index (χ3n) is 4.32. The molecular weight excluding hydrogens is 425 g/mol. The molecule has 1 amide bonds. The van der Waals surface area contributed by atoms with Gasteiger partial charge < -0.3 is 14.8 Å². The second kappa shape index (κ2) is 8.42. The summed E-state index contributed by atoms with van der Waals surface area (Å²) in [4.78, 5) is 12.1. The highest BCUT2D eigenvalue weighted by Crippen LogP contribution is 2.36. The number of nitrogens with zero attached hydrogens (tertiary/aromatic N) is 1. The predicted octanol–water partition coefficient (Wildman–Crippen LogP) is 3.62. The highest BCUT2D eigenvalue weighted by atomic mass is 32.2. The first-order chi connectivity index (χ1) is 14.1. The van der Waals surface area contributed by atoms with Crippen molar-refractivity contribution in [3.63, 3.8) is 0 Å². The van der Waals surface area contributed by atoms with Crippen molar-refractivity contribution < 1.29 is 35.9 Å². The normalized spacial score (nSPS) is 13.2. The summed E-state index contributed by atoms with van der Waals surface area (Å²) in [5.41, 5.74) is -0.952. The fourth-order valence-electron chi connectivity index (χ4n) is 2.96. The lowest BCUT2D eigenvalue weighted by atomic mass is 10.1. The van der Waals surface area contributed by atoms with Crippen LogP contribution in [0.15, 0.2) is 42.5 Å². The van der Waals surface area contributed by atoms with Crippen molar-refractivity contribution in [1.29, 1.82) is 0 Å². The van der Waals surface area contributed by atoms with Crippen LogP contribution in [0.2, 0.25) is 0 Å². The molecule has 2 aromatic carbocycles. The minimum Gasteiger partial charge on any atom is -0.454 e. The Kier molecular flexibility index (Phi) is 6.11. The van der Waals surface area contributed by atoms with E-state index in [0.29, 0.717) is 17.2 Å². The number of rotatable bonds is 7. The topological polar surface area (TPSA) is 84.9 Å². The molecule has 1 N–H and O–H groups in total. The maximum Gasteiger partial charge on any atom is 0.418 e. The van der Waals surface area contributed by atoms with Crippen LogP contribution in [0.1, 0.15) is 18.4 Å². The van der Waals surface area contributed by atoms with Crippen LogP contribution in [0.4, 0.5) is 24.5 Å². The number of carbonyl (C=O) groups is 1. The van der Waals surface area contributed by atoms with E-state index in [1.807, 2.05) is 0 Å². The molecule has 0 aliphatic carbocycles. The molecule has 1 aliphatic heterocycles. The summed E-state index contributed by atoms with van der Waals surface area (Å²) in [6.07, 6.45) is -3.64. The molecule has 0 bridgehead atoms. The third-order valence-corrected chi connectivity index (χ3v) is 5.51. The van der Waals surface area contributed by atoms with Gasteiger partial charge >= 0.3 is 6.18 Å². The second-order valence-corrected chi connectivity index (χ2v) is 8.47. The first-order valence-corrected chi connectivity index (χ1v) is 10.7. The summed E-state index contributed by atoms with van der Waals surface area (Å²) in [6.45, 7) is 0.00402. The maximum atomic E-state index is 13.0. The van der Waals surface area contributed by atoms with Crippen molar-refractivity contribution in [3.05, 3.63) is 48.0 Å². The van der Waals surface area contributed by atoms with Crippen molar-refractivity contribution in [2.75, 3.05) is 29.2 Å². The summed E-state index contributed by atoms with van der Waals surface area (Å²) in [5.74, 6) is 0.253. The standard InChI is InChI=1S/C19H19F3N2O5S/c1-30(26,27)24(13-8-9-16-17(11-13)29-12-28-16)10-4-7-18(25)23-15-6-3-2-5-14(15)19(20,21)22/h2-3,5-6,8-9,11H,4,7,10,12H2,1H3,(H,23,25). The fraction of sp³-hybridized carbons (Fsp3) is 0.316. The van der Waals surface area contributed by atoms with Gasteiger partial charge in [-0.2, -0.15) is 13.2 Å². The van der Waals surface area contributed by atoms with Crippen LogP contribution in [0.3, 0.4) is 0 Å². The van der Waals surface area contributed by atoms with Gasteiger partial charge in [0.25, 0.3) is 0 Å². The van der Waals surface area contributed by atoms with Crippen LogP contribution < -0.4 is 19.1 Å². The van der Waals surface area contributed by atoms with Crippen molar-refractivity contribution in [2.45, 2.75) is 19.0 Å². The van der Waals surface area contributed by atoms with E-state index in [4.69, 9.17) is 9.47 Å². The van der Waals surface area contributed by atoms with Gasteiger partial charge in [-0.25, -0.2) is 8.42 Å². The van der Waals surface area contributed by atoms with Gasteiger partial charge in [0.2, 0.25) is 22.7 Å². The summed E-state index contributed by atoms with van der Waals surface area (Å²) in [6, 6.07) is 9.30. The quantitative estimate of drug-likeness (QED) is 0.705. The number of carbonyl (C=O) groups excluding carboxylic acids is 1. The molecule has 1 heterocycles. The largest absolute Gasteiger partial charge is 0.454 e. The second-order valence-electron chi connectivity index (χ2n) is 6.57. The van der Waals surface area contributed by atoms with Crippen LogP contribution in [0.25, 0.3) is 0 Å². The molecule has 0 radical (unpaired) electrons. The summed E-state index contributed by atoms with van der Waals surface area (Å²) >= 11 is 0. The van der Waals surface area contributed by atoms with Crippen molar-refractivity contribution in [3.8, 4) is 11.5 Å². The molecule has 0 fully saturated rings. The Morgan fingerprint density at radius 2 is 1.83 bits per heavy atom. The van der Waals surface area contributed by atoms with E-state index in [0.717, 1.165) is 22.7 Å². The predicted molar refractivity (Wildman–Crippen MR) is 104 cm³/mol. The lowest BCUT2D eigenvalue weighted by Gasteiger charge is -2.22. The number of hydrogen-bond donors (Lipinski definition) is 1. The molecule has 0 aromatic heterocycles. The molecule has 11 heteroatoms. The molecule has 0 spiro atoms. The number of benzene rings is 2. The lowest BCUT2D eigenvalue weighted by molar-refractivity contribution is -0.137. The smallest absolute Gasteiger partial charge is 0.418 e. The van der Waals surface area contributed by atoms with E-state index >= 15 is 0 Å². The van der Waals surface area contributed by atoms with Crippen molar-refractivity contribution >= 4 is 27.3 Å². The van der Waals surface area contributed by atoms with E-state index in [1.54, 1.807) is 12.1 Å². The summed E-state index contributed by atoms with van der Waals surface area (Å²) < 4.78 is 75.0. The number of nitrogens with one attached hydrogen (secondary N) is 1. The molecule has 0 saturated heterocycles. The SMILES string of the molecule is CS(=O)(=O)N(CCCC(=O)Nc1ccccc1C(F)(F)F)c1ccc2c(c1)OCO2. The minimum atomic E-state index is -4.60. The number of sulfonamides is 1. The van der Waals surface area contributed by atoms with Crippen LogP contribution in [-0.2, 0) is 21.0 Å². The summed E-state index contributed by atoms with van der Waals surface area (Å²) in [5, 5.41) is 2.24. The van der Waals surface area contributed by atoms with Crippen molar-refractivity contribution in [1.82, 2.24) is 0 Å². The molecule has 1 aliphatic rings. The Hall–Kier alpha value is -2.95. The highest BCUT2D eigenvalue weighted by Gasteiger charge is 2.33. The first kappa shape index (κ1) is 21.8. The van der Waals surface area contributed by atoms with Gasteiger partial charge in [-0.15, -0.1) is 0 Å². The number of ether oxygens (including phenoxy) is 2. The molecular formula is C19H19F3N2O5S. The average molecular weight is 444 g/mol. The molecule has 0 saturated carbocycles. The Morgan fingerprint density at radius 3 is 2.53 bits per heavy atom. The molecule has 3 rings (SSSR count). The van der Waals surface area contributed by atoms with Gasteiger partial charge in [-0.3, -0.25) is 9.10 Å². The molecule has 30 heavy (non-hydrogen) atoms. The zero-order chi connectivity index (χ0) is 21.9. The Balaban J connectivity index is 1.64. The molecule has 162 valence electrons. The van der Waals surface area contributed by atoms with E-state index < -0.39 is 27.7 Å². The molecule has 2 aromatic rings. The maximum absolute atomic E-state index is 13.0. The van der Waals surface area contributed by atoms with Crippen LogP contribution >= 0.6 is 0 Å². The number of para-hydroxylation sites is 1. The Labute approximate surface area is 171 Å². The van der Waals surface area contributed by atoms with Gasteiger partial charge in [0.15, 0.2) is 11.5 Å². The van der Waals surface area contributed by atoms with Gasteiger partial charge in [0.1, 0.15) is 0 Å². The minimum absolute atomic E-state index is 0.0349. The summed E-state index contributed by atoms with van der Waals surface area (Å²) in [7, 11) is -3.66. The van der Waals surface area contributed by atoms with Gasteiger partial charge in [-0.05, 0) is 30.7 Å². The van der Waals surface area contributed by atoms with Gasteiger partial charge in [0, 0.05) is 19.0 Å². The third kappa shape index (κ3) is 5.15. The number of fused-ring (bicyclic) bond motifs is 1. The first-order valence-electron chi connectivity index (χ1n) is 8.89. The van der Waals surface area contributed by atoms with E-state index in [-0.39, 0.29) is 31.9 Å². The van der Waals surface area contributed by atoms with Crippen LogP contribution in [0.5, 0.6) is 11.5 Å². The lowest BCUT2D eigenvalue weighted by Crippen LogP contribution is -2.31. The molecule has 0 atom stereocenters. The highest BCUT2D eigenvalue weighted by molar-refractivity contribution is 7.92. The van der Waals surface area contributed by atoms with Crippen molar-refractivity contribution in [2.24, 2.45) is 0 Å². The molecule has 7 nitrogen and oxygen atoms in total. The van der Waals surface area contributed by atoms with E-state index in [1.165, 1.54) is 18.2 Å². The van der Waals surface area contributed by atoms with E-state index in [9.17, 15) is 26.4 Å².